The molecule has 0 unspecified atom stereocenters. The maximum absolute atomic E-state index is 12.7. The van der Waals surface area contributed by atoms with Gasteiger partial charge in [-0.05, 0) is 53.1 Å². The molecule has 3 aromatic rings. The van der Waals surface area contributed by atoms with E-state index in [1.807, 2.05) is 19.9 Å². The van der Waals surface area contributed by atoms with Crippen molar-refractivity contribution in [2.75, 3.05) is 0 Å². The molecule has 2 aromatic carbocycles. The molecule has 0 aliphatic rings. The molecule has 0 saturated carbocycles. The van der Waals surface area contributed by atoms with Crippen molar-refractivity contribution in [2.24, 2.45) is 12.2 Å². The van der Waals surface area contributed by atoms with Crippen LogP contribution in [0, 0.1) is 6.92 Å². The number of halogens is 3. The largest absolute Gasteiger partial charge is 0.416 e. The third kappa shape index (κ3) is 4.42. The Morgan fingerprint density at radius 1 is 1.13 bits per heavy atom. The van der Waals surface area contributed by atoms with Crippen molar-refractivity contribution in [1.82, 2.24) is 19.8 Å². The Morgan fingerprint density at radius 3 is 2.40 bits per heavy atom. The molecule has 0 N–H and O–H groups in total. The van der Waals surface area contributed by atoms with Crippen LogP contribution in [0.4, 0.5) is 13.2 Å². The Kier molecular flexibility index (Phi) is 6.04. The third-order valence-corrected chi connectivity index (χ3v) is 4.60. The smallest absolute Gasteiger partial charge is 0.391 e. The minimum atomic E-state index is -4.39. The summed E-state index contributed by atoms with van der Waals surface area (Å²) < 4.78 is 40.5. The summed E-state index contributed by atoms with van der Waals surface area (Å²) in [6.07, 6.45) is -3.92. The zero-order chi connectivity index (χ0) is 21.9. The molecule has 0 bridgehead atoms. The van der Waals surface area contributed by atoms with Crippen molar-refractivity contribution in [3.63, 3.8) is 0 Å². The first kappa shape index (κ1) is 21.3. The predicted molar refractivity (Wildman–Crippen MR) is 104 cm³/mol. The molecule has 0 saturated heterocycles. The molecule has 158 valence electrons. The molecule has 10 heteroatoms. The Balaban J connectivity index is 1.83. The summed E-state index contributed by atoms with van der Waals surface area (Å²) in [4.78, 5) is 17.7. The molecule has 0 fully saturated rings. The maximum Gasteiger partial charge on any atom is 0.416 e. The van der Waals surface area contributed by atoms with Gasteiger partial charge >= 0.3 is 11.9 Å². The highest BCUT2D eigenvalue weighted by Gasteiger charge is 2.30. The van der Waals surface area contributed by atoms with Crippen LogP contribution in [0.2, 0.25) is 0 Å². The highest BCUT2D eigenvalue weighted by Crippen LogP contribution is 2.29. The van der Waals surface area contributed by atoms with Gasteiger partial charge in [0.05, 0.1) is 17.0 Å². The summed E-state index contributed by atoms with van der Waals surface area (Å²) in [7, 11) is 1.50. The van der Waals surface area contributed by atoms with Gasteiger partial charge < -0.3 is 4.84 Å². The number of alkyl halides is 3. The van der Waals surface area contributed by atoms with Crippen LogP contribution >= 0.6 is 0 Å². The van der Waals surface area contributed by atoms with Crippen LogP contribution in [0.25, 0.3) is 5.69 Å². The lowest BCUT2D eigenvalue weighted by Crippen LogP contribution is -2.23. The van der Waals surface area contributed by atoms with E-state index in [2.05, 4.69) is 15.6 Å². The molecular formula is C20H20F3N5O2. The van der Waals surface area contributed by atoms with E-state index < -0.39 is 17.4 Å². The molecule has 0 spiro atoms. The fourth-order valence-electron chi connectivity index (χ4n) is 2.89. The number of oxime groups is 1. The van der Waals surface area contributed by atoms with Crippen LogP contribution in [0.5, 0.6) is 0 Å². The van der Waals surface area contributed by atoms with E-state index in [9.17, 15) is 18.0 Å². The minimum Gasteiger partial charge on any atom is -0.391 e. The summed E-state index contributed by atoms with van der Waals surface area (Å²) in [5.74, 6) is 0. The van der Waals surface area contributed by atoms with E-state index >= 15 is 0 Å². The van der Waals surface area contributed by atoms with E-state index in [1.165, 1.54) is 23.9 Å². The van der Waals surface area contributed by atoms with E-state index in [-0.39, 0.29) is 6.61 Å². The van der Waals surface area contributed by atoms with Crippen molar-refractivity contribution in [1.29, 1.82) is 0 Å². The molecule has 0 amide bonds. The number of nitrogens with zero attached hydrogens (tertiary/aromatic N) is 5. The fourth-order valence-corrected chi connectivity index (χ4v) is 2.89. The van der Waals surface area contributed by atoms with Crippen LogP contribution in [0.3, 0.4) is 0 Å². The van der Waals surface area contributed by atoms with Gasteiger partial charge in [-0.3, -0.25) is 0 Å². The van der Waals surface area contributed by atoms with Crippen molar-refractivity contribution in [3.8, 4) is 5.69 Å². The average Bonchev–Trinajstić information content (AvgIpc) is 3.04. The summed E-state index contributed by atoms with van der Waals surface area (Å²) in [6.45, 7) is 3.75. The molecule has 0 aliphatic heterocycles. The highest BCUT2D eigenvalue weighted by molar-refractivity contribution is 6.00. The number of tetrazole rings is 1. The quantitative estimate of drug-likeness (QED) is 0.452. The number of hydrogen-bond donors (Lipinski definition) is 0. The van der Waals surface area contributed by atoms with E-state index in [1.54, 1.807) is 12.1 Å². The monoisotopic (exact) mass is 419 g/mol. The fraction of sp³-hybridized carbons (Fsp3) is 0.300. The Bertz CT molecular complexity index is 1110. The second kappa shape index (κ2) is 8.52. The van der Waals surface area contributed by atoms with Gasteiger partial charge in [-0.25, -0.2) is 4.79 Å². The van der Waals surface area contributed by atoms with Crippen molar-refractivity contribution >= 4 is 5.71 Å². The first-order chi connectivity index (χ1) is 14.2. The summed E-state index contributed by atoms with van der Waals surface area (Å²) in [5, 5.41) is 11.7. The van der Waals surface area contributed by atoms with Gasteiger partial charge in [0.1, 0.15) is 6.61 Å². The number of hydrogen-bond acceptors (Lipinski definition) is 5. The van der Waals surface area contributed by atoms with Gasteiger partial charge in [-0.15, -0.1) is 0 Å². The topological polar surface area (TPSA) is 74.3 Å². The van der Waals surface area contributed by atoms with Crippen molar-refractivity contribution < 1.29 is 18.0 Å². The van der Waals surface area contributed by atoms with Crippen LogP contribution in [-0.2, 0) is 24.7 Å². The van der Waals surface area contributed by atoms with Gasteiger partial charge in [0.25, 0.3) is 0 Å². The average molecular weight is 419 g/mol. The molecule has 30 heavy (non-hydrogen) atoms. The molecule has 1 aromatic heterocycles. The molecule has 0 aliphatic carbocycles. The second-order valence-electron chi connectivity index (χ2n) is 6.61. The van der Waals surface area contributed by atoms with Crippen LogP contribution in [0.15, 0.2) is 52.4 Å². The lowest BCUT2D eigenvalue weighted by atomic mass is 10.1. The first-order valence-electron chi connectivity index (χ1n) is 9.16. The lowest BCUT2D eigenvalue weighted by Gasteiger charge is -2.11. The van der Waals surface area contributed by atoms with E-state index in [4.69, 9.17) is 4.84 Å². The number of aromatic nitrogens is 4. The number of benzene rings is 2. The zero-order valence-corrected chi connectivity index (χ0v) is 16.6. The predicted octanol–water partition coefficient (Wildman–Crippen LogP) is 3.62. The summed E-state index contributed by atoms with van der Waals surface area (Å²) in [6, 6.07) is 10.1. The Morgan fingerprint density at radius 2 is 1.83 bits per heavy atom. The molecule has 1 heterocycles. The number of aryl methyl sites for hydroxylation is 2. The van der Waals surface area contributed by atoms with Crippen molar-refractivity contribution in [2.45, 2.75) is 33.1 Å². The van der Waals surface area contributed by atoms with E-state index in [0.29, 0.717) is 28.9 Å². The molecule has 3 rings (SSSR count). The van der Waals surface area contributed by atoms with Crippen LogP contribution in [0.1, 0.15) is 35.6 Å². The van der Waals surface area contributed by atoms with Gasteiger partial charge in [0.2, 0.25) is 0 Å². The lowest BCUT2D eigenvalue weighted by molar-refractivity contribution is -0.137. The third-order valence-electron chi connectivity index (χ3n) is 4.60. The Hall–Kier alpha value is -3.43. The zero-order valence-electron chi connectivity index (χ0n) is 16.6. The number of rotatable bonds is 6. The van der Waals surface area contributed by atoms with Gasteiger partial charge in [-0.1, -0.05) is 36.3 Å². The van der Waals surface area contributed by atoms with Gasteiger partial charge in [0, 0.05) is 12.6 Å². The normalized spacial score (nSPS) is 12.3. The molecule has 0 atom stereocenters. The minimum absolute atomic E-state index is 0.0507. The van der Waals surface area contributed by atoms with E-state index in [0.717, 1.165) is 22.4 Å². The summed E-state index contributed by atoms with van der Waals surface area (Å²) in [5.41, 5.74) is 2.03. The van der Waals surface area contributed by atoms with Crippen LogP contribution < -0.4 is 5.69 Å². The first-order valence-corrected chi connectivity index (χ1v) is 9.16. The molecule has 7 nitrogen and oxygen atoms in total. The van der Waals surface area contributed by atoms with Crippen LogP contribution in [-0.4, -0.2) is 25.5 Å². The molecule has 0 radical (unpaired) electrons. The standard InChI is InChI=1S/C20H20F3N5O2/c1-4-17(14-8-10-15(11-9-14)20(21,22)23)24-30-12-16-13(2)6-5-7-18(16)28-19(29)27(3)25-26-28/h5-11H,4,12H2,1-3H3. The maximum atomic E-state index is 12.7. The summed E-state index contributed by atoms with van der Waals surface area (Å²) >= 11 is 0. The molecular weight excluding hydrogens is 399 g/mol. The Labute approximate surface area is 170 Å². The van der Waals surface area contributed by atoms with Gasteiger partial charge in [0.15, 0.2) is 0 Å². The highest BCUT2D eigenvalue weighted by atomic mass is 19.4. The van der Waals surface area contributed by atoms with Gasteiger partial charge in [-0.2, -0.15) is 22.5 Å². The second-order valence-corrected chi connectivity index (χ2v) is 6.61. The SMILES string of the molecule is CCC(=NOCc1c(C)cccc1-n1nnn(C)c1=O)c1ccc(C(F)(F)F)cc1. The van der Waals surface area contributed by atoms with Crippen molar-refractivity contribution in [3.05, 3.63) is 75.2 Å².